The van der Waals surface area contributed by atoms with E-state index in [4.69, 9.17) is 0 Å². The minimum absolute atomic E-state index is 0.404. The molecule has 0 amide bonds. The number of hydrogen-bond donors (Lipinski definition) is 1. The Kier molecular flexibility index (Phi) is 7.48. The zero-order valence-corrected chi connectivity index (χ0v) is 15.5. The first-order chi connectivity index (χ1) is 11.5. The van der Waals surface area contributed by atoms with Gasteiger partial charge in [0, 0.05) is 26.2 Å². The van der Waals surface area contributed by atoms with E-state index in [0.717, 1.165) is 32.7 Å². The van der Waals surface area contributed by atoms with Crippen LogP contribution in [0.2, 0.25) is 0 Å². The Morgan fingerprint density at radius 2 is 1.25 bits per heavy atom. The Balaban J connectivity index is 1.85. The lowest BCUT2D eigenvalue weighted by molar-refractivity contribution is 0.254. The number of nitrogens with one attached hydrogen (secondary N) is 1. The molecule has 0 atom stereocenters. The van der Waals surface area contributed by atoms with E-state index in [9.17, 15) is 0 Å². The quantitative estimate of drug-likeness (QED) is 0.672. The van der Waals surface area contributed by atoms with E-state index in [2.05, 4.69) is 91.7 Å². The van der Waals surface area contributed by atoms with Gasteiger partial charge in [0.1, 0.15) is 0 Å². The SMILES string of the molecule is CC(C)(C)CCNCCN(Cc1ccccc1)Cc1ccccc1. The third-order valence-corrected chi connectivity index (χ3v) is 4.15. The summed E-state index contributed by atoms with van der Waals surface area (Å²) in [5.41, 5.74) is 3.16. The van der Waals surface area contributed by atoms with E-state index in [-0.39, 0.29) is 0 Å². The third-order valence-electron chi connectivity index (χ3n) is 4.15. The van der Waals surface area contributed by atoms with Crippen molar-refractivity contribution in [2.45, 2.75) is 40.3 Å². The van der Waals surface area contributed by atoms with Crippen LogP contribution in [0.4, 0.5) is 0 Å². The Hall–Kier alpha value is -1.64. The zero-order valence-electron chi connectivity index (χ0n) is 15.5. The molecule has 0 saturated heterocycles. The van der Waals surface area contributed by atoms with Crippen molar-refractivity contribution in [2.24, 2.45) is 5.41 Å². The van der Waals surface area contributed by atoms with Crippen LogP contribution in [0.15, 0.2) is 60.7 Å². The molecule has 0 radical (unpaired) electrons. The highest BCUT2D eigenvalue weighted by atomic mass is 15.1. The molecule has 2 rings (SSSR count). The van der Waals surface area contributed by atoms with Crippen molar-refractivity contribution >= 4 is 0 Å². The highest BCUT2D eigenvalue weighted by Crippen LogP contribution is 2.16. The van der Waals surface area contributed by atoms with Gasteiger partial charge in [-0.05, 0) is 29.5 Å². The van der Waals surface area contributed by atoms with Crippen molar-refractivity contribution in [3.63, 3.8) is 0 Å². The molecule has 0 fully saturated rings. The lowest BCUT2D eigenvalue weighted by atomic mass is 9.92. The molecule has 24 heavy (non-hydrogen) atoms. The summed E-state index contributed by atoms with van der Waals surface area (Å²) in [4.78, 5) is 2.52. The smallest absolute Gasteiger partial charge is 0.0237 e. The van der Waals surface area contributed by atoms with Crippen LogP contribution in [0.3, 0.4) is 0 Å². The Morgan fingerprint density at radius 3 is 1.71 bits per heavy atom. The van der Waals surface area contributed by atoms with Gasteiger partial charge in [-0.15, -0.1) is 0 Å². The van der Waals surface area contributed by atoms with Gasteiger partial charge in [0.25, 0.3) is 0 Å². The number of hydrogen-bond acceptors (Lipinski definition) is 2. The van der Waals surface area contributed by atoms with Gasteiger partial charge in [-0.25, -0.2) is 0 Å². The summed E-state index contributed by atoms with van der Waals surface area (Å²) in [6.45, 7) is 12.1. The predicted molar refractivity (Wildman–Crippen MR) is 104 cm³/mol. The topological polar surface area (TPSA) is 15.3 Å². The number of nitrogens with zero attached hydrogens (tertiary/aromatic N) is 1. The minimum Gasteiger partial charge on any atom is -0.315 e. The maximum atomic E-state index is 3.60. The highest BCUT2D eigenvalue weighted by Gasteiger charge is 2.10. The van der Waals surface area contributed by atoms with Gasteiger partial charge in [0.2, 0.25) is 0 Å². The van der Waals surface area contributed by atoms with Crippen molar-refractivity contribution in [1.82, 2.24) is 10.2 Å². The molecule has 0 unspecified atom stereocenters. The van der Waals surface area contributed by atoms with E-state index < -0.39 is 0 Å². The second-order valence-corrected chi connectivity index (χ2v) is 7.74. The molecule has 0 aliphatic carbocycles. The normalized spacial score (nSPS) is 11.8. The maximum absolute atomic E-state index is 3.60. The van der Waals surface area contributed by atoms with Crippen molar-refractivity contribution in [3.8, 4) is 0 Å². The molecule has 130 valence electrons. The van der Waals surface area contributed by atoms with E-state index in [1.54, 1.807) is 0 Å². The van der Waals surface area contributed by atoms with Crippen molar-refractivity contribution in [1.29, 1.82) is 0 Å². The largest absolute Gasteiger partial charge is 0.315 e. The summed E-state index contributed by atoms with van der Waals surface area (Å²) >= 11 is 0. The van der Waals surface area contributed by atoms with Crippen LogP contribution >= 0.6 is 0 Å². The first-order valence-electron chi connectivity index (χ1n) is 9.04. The second-order valence-electron chi connectivity index (χ2n) is 7.74. The third kappa shape index (κ3) is 7.76. The predicted octanol–water partition coefficient (Wildman–Crippen LogP) is 4.71. The van der Waals surface area contributed by atoms with Gasteiger partial charge < -0.3 is 5.32 Å². The van der Waals surface area contributed by atoms with Crippen LogP contribution in [0.1, 0.15) is 38.3 Å². The summed E-state index contributed by atoms with van der Waals surface area (Å²) in [5.74, 6) is 0. The molecule has 2 aromatic rings. The van der Waals surface area contributed by atoms with Gasteiger partial charge in [0.05, 0.1) is 0 Å². The first-order valence-corrected chi connectivity index (χ1v) is 9.04. The van der Waals surface area contributed by atoms with Gasteiger partial charge >= 0.3 is 0 Å². The Morgan fingerprint density at radius 1 is 0.750 bits per heavy atom. The molecule has 0 heterocycles. The van der Waals surface area contributed by atoms with Crippen LogP contribution in [-0.4, -0.2) is 24.5 Å². The van der Waals surface area contributed by atoms with E-state index in [1.807, 2.05) is 0 Å². The van der Waals surface area contributed by atoms with E-state index in [0.29, 0.717) is 5.41 Å². The monoisotopic (exact) mass is 324 g/mol. The van der Waals surface area contributed by atoms with Gasteiger partial charge in [0.15, 0.2) is 0 Å². The average molecular weight is 325 g/mol. The second kappa shape index (κ2) is 9.61. The summed E-state index contributed by atoms with van der Waals surface area (Å²) in [6, 6.07) is 21.5. The average Bonchev–Trinajstić information content (AvgIpc) is 2.55. The highest BCUT2D eigenvalue weighted by molar-refractivity contribution is 5.17. The lowest BCUT2D eigenvalue weighted by Gasteiger charge is -2.24. The first kappa shape index (κ1) is 18.7. The molecule has 0 aliphatic heterocycles. The van der Waals surface area contributed by atoms with Crippen molar-refractivity contribution in [3.05, 3.63) is 71.8 Å². The molecular weight excluding hydrogens is 292 g/mol. The maximum Gasteiger partial charge on any atom is 0.0237 e. The molecule has 0 bridgehead atoms. The van der Waals surface area contributed by atoms with Gasteiger partial charge in [-0.1, -0.05) is 81.4 Å². The molecular formula is C22H32N2. The van der Waals surface area contributed by atoms with Crippen LogP contribution < -0.4 is 5.32 Å². The summed E-state index contributed by atoms with van der Waals surface area (Å²) in [5, 5.41) is 3.60. The Labute approximate surface area is 147 Å². The van der Waals surface area contributed by atoms with Crippen LogP contribution in [-0.2, 0) is 13.1 Å². The molecule has 0 aliphatic rings. The molecule has 0 aromatic heterocycles. The Bertz CT molecular complexity index is 516. The molecule has 2 heteroatoms. The fourth-order valence-electron chi connectivity index (χ4n) is 2.72. The summed E-state index contributed by atoms with van der Waals surface area (Å²) in [6.07, 6.45) is 1.21. The number of benzene rings is 2. The molecule has 2 aromatic carbocycles. The summed E-state index contributed by atoms with van der Waals surface area (Å²) < 4.78 is 0. The lowest BCUT2D eigenvalue weighted by Crippen LogP contribution is -2.32. The fourth-order valence-corrected chi connectivity index (χ4v) is 2.72. The van der Waals surface area contributed by atoms with Crippen molar-refractivity contribution < 1.29 is 0 Å². The molecule has 2 nitrogen and oxygen atoms in total. The van der Waals surface area contributed by atoms with Crippen LogP contribution in [0, 0.1) is 5.41 Å². The summed E-state index contributed by atoms with van der Waals surface area (Å²) in [7, 11) is 0. The van der Waals surface area contributed by atoms with Gasteiger partial charge in [-0.2, -0.15) is 0 Å². The van der Waals surface area contributed by atoms with Crippen molar-refractivity contribution in [2.75, 3.05) is 19.6 Å². The zero-order chi connectivity index (χ0) is 17.3. The molecule has 0 spiro atoms. The fraction of sp³-hybridized carbons (Fsp3) is 0.455. The molecule has 1 N–H and O–H groups in total. The van der Waals surface area contributed by atoms with Crippen LogP contribution in [0.5, 0.6) is 0 Å². The van der Waals surface area contributed by atoms with Crippen LogP contribution in [0.25, 0.3) is 0 Å². The van der Waals surface area contributed by atoms with E-state index in [1.165, 1.54) is 17.5 Å². The van der Waals surface area contributed by atoms with E-state index >= 15 is 0 Å². The van der Waals surface area contributed by atoms with Gasteiger partial charge in [-0.3, -0.25) is 4.90 Å². The number of rotatable bonds is 9. The standard InChI is InChI=1S/C22H32N2/c1-22(2,3)14-15-23-16-17-24(18-20-10-6-4-7-11-20)19-21-12-8-5-9-13-21/h4-13,23H,14-19H2,1-3H3. The minimum atomic E-state index is 0.404. The molecule has 0 saturated carbocycles.